The summed E-state index contributed by atoms with van der Waals surface area (Å²) in [7, 11) is 2.25. The number of rotatable bonds is 2. The molecule has 2 saturated heterocycles. The van der Waals surface area contributed by atoms with Gasteiger partial charge in [-0.05, 0) is 39.2 Å². The topological polar surface area (TPSA) is 18.5 Å². The first-order valence-electron chi connectivity index (χ1n) is 7.91. The molecule has 104 valence electrons. The first-order chi connectivity index (χ1) is 8.72. The highest BCUT2D eigenvalue weighted by Gasteiger charge is 2.36. The smallest absolute Gasteiger partial charge is 0.0200 e. The Bertz CT molecular complexity index is 267. The van der Waals surface area contributed by atoms with Gasteiger partial charge in [0.25, 0.3) is 0 Å². The standard InChI is InChI=1S/C15H29N3/c1-12-10-18(8-7-17(12)2)11-14-9-13-5-3-4-6-15(13)16-14/h12-16H,3-11H2,1-2H3. The molecule has 0 spiro atoms. The van der Waals surface area contributed by atoms with E-state index >= 15 is 0 Å². The zero-order chi connectivity index (χ0) is 12.5. The second-order valence-corrected chi connectivity index (χ2v) is 6.84. The van der Waals surface area contributed by atoms with Gasteiger partial charge < -0.3 is 10.2 Å². The van der Waals surface area contributed by atoms with Crippen LogP contribution in [0.2, 0.25) is 0 Å². The maximum atomic E-state index is 3.91. The molecule has 0 radical (unpaired) electrons. The molecule has 4 atom stereocenters. The first-order valence-corrected chi connectivity index (χ1v) is 7.91. The summed E-state index contributed by atoms with van der Waals surface area (Å²) in [6.45, 7) is 7.39. The second-order valence-electron chi connectivity index (χ2n) is 6.84. The van der Waals surface area contributed by atoms with Gasteiger partial charge in [-0.3, -0.25) is 4.90 Å². The number of hydrogen-bond acceptors (Lipinski definition) is 3. The van der Waals surface area contributed by atoms with Gasteiger partial charge in [0, 0.05) is 44.3 Å². The van der Waals surface area contributed by atoms with Crippen molar-refractivity contribution in [3.8, 4) is 0 Å². The minimum absolute atomic E-state index is 0.724. The zero-order valence-electron chi connectivity index (χ0n) is 12.1. The minimum atomic E-state index is 0.724. The van der Waals surface area contributed by atoms with Crippen molar-refractivity contribution in [2.24, 2.45) is 5.92 Å². The Kier molecular flexibility index (Phi) is 3.92. The van der Waals surface area contributed by atoms with Crippen LogP contribution in [-0.4, -0.2) is 61.2 Å². The molecule has 0 aromatic heterocycles. The average Bonchev–Trinajstić information content (AvgIpc) is 2.76. The molecule has 0 aromatic carbocycles. The maximum absolute atomic E-state index is 3.91. The molecular formula is C15H29N3. The Morgan fingerprint density at radius 1 is 1.17 bits per heavy atom. The van der Waals surface area contributed by atoms with Crippen LogP contribution in [0.1, 0.15) is 39.0 Å². The van der Waals surface area contributed by atoms with Gasteiger partial charge in [-0.2, -0.15) is 0 Å². The average molecular weight is 251 g/mol. The van der Waals surface area contributed by atoms with Crippen molar-refractivity contribution in [3.63, 3.8) is 0 Å². The molecule has 3 aliphatic rings. The Labute approximate surface area is 112 Å². The largest absolute Gasteiger partial charge is 0.310 e. The zero-order valence-corrected chi connectivity index (χ0v) is 12.1. The normalized spacial score (nSPS) is 43.0. The van der Waals surface area contributed by atoms with Crippen LogP contribution in [-0.2, 0) is 0 Å². The molecule has 0 aromatic rings. The fourth-order valence-electron chi connectivity index (χ4n) is 4.17. The minimum Gasteiger partial charge on any atom is -0.310 e. The number of hydrogen-bond donors (Lipinski definition) is 1. The summed E-state index contributed by atoms with van der Waals surface area (Å²) >= 11 is 0. The van der Waals surface area contributed by atoms with Crippen LogP contribution in [0.25, 0.3) is 0 Å². The summed E-state index contributed by atoms with van der Waals surface area (Å²) in [6, 6.07) is 2.35. The summed E-state index contributed by atoms with van der Waals surface area (Å²) in [6.07, 6.45) is 7.27. The van der Waals surface area contributed by atoms with Crippen molar-refractivity contribution in [2.45, 2.75) is 57.2 Å². The number of nitrogens with one attached hydrogen (secondary N) is 1. The summed E-state index contributed by atoms with van der Waals surface area (Å²) in [5, 5.41) is 3.91. The molecule has 1 aliphatic carbocycles. The lowest BCUT2D eigenvalue weighted by Gasteiger charge is -2.38. The van der Waals surface area contributed by atoms with E-state index in [1.165, 1.54) is 58.3 Å². The molecule has 3 heteroatoms. The summed E-state index contributed by atoms with van der Waals surface area (Å²) in [5.41, 5.74) is 0. The molecule has 0 bridgehead atoms. The van der Waals surface area contributed by atoms with Crippen molar-refractivity contribution in [3.05, 3.63) is 0 Å². The van der Waals surface area contributed by atoms with Crippen molar-refractivity contribution < 1.29 is 0 Å². The molecule has 1 N–H and O–H groups in total. The van der Waals surface area contributed by atoms with Crippen molar-refractivity contribution in [2.75, 3.05) is 33.2 Å². The van der Waals surface area contributed by atoms with Crippen LogP contribution < -0.4 is 5.32 Å². The van der Waals surface area contributed by atoms with Gasteiger partial charge in [0.2, 0.25) is 0 Å². The van der Waals surface area contributed by atoms with E-state index in [2.05, 4.69) is 29.1 Å². The van der Waals surface area contributed by atoms with Gasteiger partial charge in [0.05, 0.1) is 0 Å². The lowest BCUT2D eigenvalue weighted by atomic mass is 9.85. The number of fused-ring (bicyclic) bond motifs is 1. The molecule has 1 saturated carbocycles. The Morgan fingerprint density at radius 3 is 2.78 bits per heavy atom. The van der Waals surface area contributed by atoms with Gasteiger partial charge >= 0.3 is 0 Å². The van der Waals surface area contributed by atoms with Crippen molar-refractivity contribution >= 4 is 0 Å². The quantitative estimate of drug-likeness (QED) is 0.803. The molecular weight excluding hydrogens is 222 g/mol. The van der Waals surface area contributed by atoms with E-state index in [4.69, 9.17) is 0 Å². The van der Waals surface area contributed by atoms with Crippen LogP contribution in [0.4, 0.5) is 0 Å². The number of nitrogens with zero attached hydrogens (tertiary/aromatic N) is 2. The van der Waals surface area contributed by atoms with E-state index in [0.717, 1.165) is 24.0 Å². The SMILES string of the molecule is CC1CN(CC2CC3CCCCC3N2)CCN1C. The third-order valence-electron chi connectivity index (χ3n) is 5.47. The fraction of sp³-hybridized carbons (Fsp3) is 1.00. The molecule has 2 heterocycles. The molecule has 3 fully saturated rings. The van der Waals surface area contributed by atoms with Crippen LogP contribution in [0.3, 0.4) is 0 Å². The van der Waals surface area contributed by atoms with E-state index in [1.807, 2.05) is 0 Å². The van der Waals surface area contributed by atoms with E-state index in [0.29, 0.717) is 0 Å². The van der Waals surface area contributed by atoms with Gasteiger partial charge in [-0.1, -0.05) is 12.8 Å². The predicted molar refractivity (Wildman–Crippen MR) is 75.8 cm³/mol. The van der Waals surface area contributed by atoms with E-state index < -0.39 is 0 Å². The van der Waals surface area contributed by atoms with Crippen LogP contribution in [0.5, 0.6) is 0 Å². The highest BCUT2D eigenvalue weighted by molar-refractivity contribution is 4.94. The molecule has 3 rings (SSSR count). The summed E-state index contributed by atoms with van der Waals surface area (Å²) < 4.78 is 0. The number of piperazine rings is 1. The molecule has 2 aliphatic heterocycles. The fourth-order valence-corrected chi connectivity index (χ4v) is 4.17. The summed E-state index contributed by atoms with van der Waals surface area (Å²) in [4.78, 5) is 5.16. The molecule has 4 unspecified atom stereocenters. The van der Waals surface area contributed by atoms with Crippen LogP contribution in [0.15, 0.2) is 0 Å². The molecule has 0 amide bonds. The second kappa shape index (κ2) is 5.48. The number of likely N-dealkylation sites (N-methyl/N-ethyl adjacent to an activating group) is 1. The highest BCUT2D eigenvalue weighted by atomic mass is 15.3. The lowest BCUT2D eigenvalue weighted by molar-refractivity contribution is 0.0981. The van der Waals surface area contributed by atoms with Gasteiger partial charge in [-0.15, -0.1) is 0 Å². The van der Waals surface area contributed by atoms with Crippen LogP contribution >= 0.6 is 0 Å². The Morgan fingerprint density at radius 2 is 2.00 bits per heavy atom. The third kappa shape index (κ3) is 2.73. The molecule has 3 nitrogen and oxygen atoms in total. The predicted octanol–water partition coefficient (Wildman–Crippen LogP) is 1.54. The van der Waals surface area contributed by atoms with Crippen molar-refractivity contribution in [1.29, 1.82) is 0 Å². The van der Waals surface area contributed by atoms with Gasteiger partial charge in [0.15, 0.2) is 0 Å². The van der Waals surface area contributed by atoms with E-state index in [9.17, 15) is 0 Å². The van der Waals surface area contributed by atoms with Crippen LogP contribution in [0, 0.1) is 5.92 Å². The third-order valence-corrected chi connectivity index (χ3v) is 5.47. The Hall–Kier alpha value is -0.120. The van der Waals surface area contributed by atoms with Crippen molar-refractivity contribution in [1.82, 2.24) is 15.1 Å². The van der Waals surface area contributed by atoms with Gasteiger partial charge in [-0.25, -0.2) is 0 Å². The van der Waals surface area contributed by atoms with E-state index in [1.54, 1.807) is 0 Å². The maximum Gasteiger partial charge on any atom is 0.0200 e. The first kappa shape index (κ1) is 12.9. The van der Waals surface area contributed by atoms with Gasteiger partial charge in [0.1, 0.15) is 0 Å². The molecule has 18 heavy (non-hydrogen) atoms. The Balaban J connectivity index is 1.49. The monoisotopic (exact) mass is 251 g/mol. The lowest BCUT2D eigenvalue weighted by Crippen LogP contribution is -2.53. The summed E-state index contributed by atoms with van der Waals surface area (Å²) in [5.74, 6) is 0.994. The van der Waals surface area contributed by atoms with E-state index in [-0.39, 0.29) is 0 Å². The highest BCUT2D eigenvalue weighted by Crippen LogP contribution is 2.33.